The number of halogens is 3. The number of likely N-dealkylation sites (N-methyl/N-ethyl adjacent to an activating group) is 1. The van der Waals surface area contributed by atoms with Crippen LogP contribution in [0.15, 0.2) is 23.9 Å². The smallest absolute Gasteiger partial charge is 0.355 e. The van der Waals surface area contributed by atoms with E-state index in [1.807, 2.05) is 0 Å². The van der Waals surface area contributed by atoms with Gasteiger partial charge in [0.2, 0.25) is 0 Å². The van der Waals surface area contributed by atoms with Crippen LogP contribution in [-0.2, 0) is 19.1 Å². The van der Waals surface area contributed by atoms with E-state index in [1.165, 1.54) is 0 Å². The molecule has 0 atom stereocenters. The van der Waals surface area contributed by atoms with Gasteiger partial charge in [-0.2, -0.15) is 0 Å². The molecule has 1 rings (SSSR count). The number of carbonyl (C=O) groups excluding carboxylic acids is 2. The minimum atomic E-state index is -1.68. The van der Waals surface area contributed by atoms with E-state index in [4.69, 9.17) is 9.47 Å². The summed E-state index contributed by atoms with van der Waals surface area (Å²) >= 11 is 0. The van der Waals surface area contributed by atoms with Crippen LogP contribution in [0.2, 0.25) is 0 Å². The number of nitrogens with zero attached hydrogens (tertiary/aromatic N) is 1. The Hall–Kier alpha value is -2.51. The number of anilines is 1. The van der Waals surface area contributed by atoms with E-state index in [-0.39, 0.29) is 25.5 Å². The Balaban J connectivity index is 3.39. The van der Waals surface area contributed by atoms with Crippen molar-refractivity contribution in [2.24, 2.45) is 0 Å². The highest BCUT2D eigenvalue weighted by Gasteiger charge is 2.25. The largest absolute Gasteiger partial charge is 0.463 e. The molecule has 132 valence electrons. The highest BCUT2D eigenvalue weighted by molar-refractivity contribution is 5.99. The fraction of sp³-hybridized carbons (Fsp3) is 0.375. The molecular weight excluding hydrogens is 327 g/mol. The Morgan fingerprint density at radius 1 is 1.04 bits per heavy atom. The molecule has 5 nitrogen and oxygen atoms in total. The van der Waals surface area contributed by atoms with Crippen LogP contribution in [-0.4, -0.2) is 31.7 Å². The second-order valence-electron chi connectivity index (χ2n) is 4.44. The number of carbonyl (C=O) groups is 2. The Morgan fingerprint density at radius 3 is 2.21 bits per heavy atom. The van der Waals surface area contributed by atoms with Gasteiger partial charge in [-0.1, -0.05) is 0 Å². The van der Waals surface area contributed by atoms with Crippen molar-refractivity contribution in [1.82, 2.24) is 0 Å². The number of ether oxygens (including phenoxy) is 2. The highest BCUT2D eigenvalue weighted by Crippen LogP contribution is 2.27. The molecule has 0 aliphatic rings. The minimum Gasteiger partial charge on any atom is -0.463 e. The molecule has 0 aliphatic heterocycles. The zero-order valence-corrected chi connectivity index (χ0v) is 13.6. The zero-order valence-electron chi connectivity index (χ0n) is 13.6. The van der Waals surface area contributed by atoms with Crippen LogP contribution in [0.25, 0.3) is 0 Å². The maximum Gasteiger partial charge on any atom is 0.355 e. The molecule has 0 aliphatic carbocycles. The normalized spacial score (nSPS) is 11.2. The first-order valence-electron chi connectivity index (χ1n) is 7.33. The molecule has 0 N–H and O–H groups in total. The zero-order chi connectivity index (χ0) is 18.3. The summed E-state index contributed by atoms with van der Waals surface area (Å²) in [6, 6.07) is 1.69. The lowest BCUT2D eigenvalue weighted by Gasteiger charge is -2.25. The summed E-state index contributed by atoms with van der Waals surface area (Å²) in [4.78, 5) is 24.8. The van der Waals surface area contributed by atoms with Crippen molar-refractivity contribution in [3.05, 3.63) is 41.4 Å². The molecule has 1 aromatic rings. The van der Waals surface area contributed by atoms with Gasteiger partial charge in [-0.3, -0.25) is 0 Å². The van der Waals surface area contributed by atoms with Crippen LogP contribution in [0.1, 0.15) is 20.8 Å². The van der Waals surface area contributed by atoms with Gasteiger partial charge in [0.1, 0.15) is 5.70 Å². The molecule has 0 saturated heterocycles. The van der Waals surface area contributed by atoms with Gasteiger partial charge < -0.3 is 14.4 Å². The van der Waals surface area contributed by atoms with Crippen molar-refractivity contribution >= 4 is 17.6 Å². The van der Waals surface area contributed by atoms with Crippen molar-refractivity contribution in [3.8, 4) is 0 Å². The molecule has 0 radical (unpaired) electrons. The third kappa shape index (κ3) is 4.50. The molecule has 24 heavy (non-hydrogen) atoms. The van der Waals surface area contributed by atoms with Crippen LogP contribution < -0.4 is 4.90 Å². The Kier molecular flexibility index (Phi) is 7.29. The molecule has 0 spiro atoms. The summed E-state index contributed by atoms with van der Waals surface area (Å²) in [5.74, 6) is -6.28. The van der Waals surface area contributed by atoms with Crippen molar-refractivity contribution in [3.63, 3.8) is 0 Å². The molecule has 0 amide bonds. The number of benzene rings is 1. The van der Waals surface area contributed by atoms with Gasteiger partial charge in [-0.15, -0.1) is 0 Å². The third-order valence-electron chi connectivity index (χ3n) is 2.94. The first kappa shape index (κ1) is 19.5. The molecule has 0 saturated carbocycles. The fourth-order valence-corrected chi connectivity index (χ4v) is 1.94. The summed E-state index contributed by atoms with van der Waals surface area (Å²) in [5.41, 5.74) is -0.747. The van der Waals surface area contributed by atoms with E-state index in [1.54, 1.807) is 20.8 Å². The van der Waals surface area contributed by atoms with Crippen molar-refractivity contribution in [1.29, 1.82) is 0 Å². The van der Waals surface area contributed by atoms with Gasteiger partial charge in [-0.05, 0) is 32.9 Å². The molecular formula is C16H18F3NO4. The number of hydrogen-bond donors (Lipinski definition) is 0. The van der Waals surface area contributed by atoms with Crippen LogP contribution in [0.4, 0.5) is 18.9 Å². The van der Waals surface area contributed by atoms with Gasteiger partial charge in [0.25, 0.3) is 0 Å². The van der Waals surface area contributed by atoms with Crippen LogP contribution in [0, 0.1) is 17.5 Å². The molecule has 0 unspecified atom stereocenters. The second kappa shape index (κ2) is 8.95. The van der Waals surface area contributed by atoms with Gasteiger partial charge >= 0.3 is 11.9 Å². The fourth-order valence-electron chi connectivity index (χ4n) is 1.94. The summed E-state index contributed by atoms with van der Waals surface area (Å²) in [7, 11) is 0. The maximum absolute atomic E-state index is 14.0. The minimum absolute atomic E-state index is 0.00789. The summed E-state index contributed by atoms with van der Waals surface area (Å²) in [6.07, 6.45) is 0.825. The quantitative estimate of drug-likeness (QED) is 0.432. The standard InChI is InChI=1S/C16H18F3NO4/c1-4-20(11-8-7-10(17)14(18)15(11)19)12(16(22)24-6-3)9-13(21)23-5-2/h7-9H,4-6H2,1-3H3/b12-9-. The van der Waals surface area contributed by atoms with E-state index in [2.05, 4.69) is 0 Å². The first-order chi connectivity index (χ1) is 11.4. The number of rotatable bonds is 7. The topological polar surface area (TPSA) is 55.8 Å². The van der Waals surface area contributed by atoms with Crippen LogP contribution in [0.5, 0.6) is 0 Å². The predicted octanol–water partition coefficient (Wildman–Crippen LogP) is 2.94. The second-order valence-corrected chi connectivity index (χ2v) is 4.44. The van der Waals surface area contributed by atoms with E-state index < -0.39 is 35.1 Å². The van der Waals surface area contributed by atoms with Crippen LogP contribution in [0.3, 0.4) is 0 Å². The van der Waals surface area contributed by atoms with E-state index in [0.717, 1.165) is 23.1 Å². The molecule has 0 aromatic heterocycles. The van der Waals surface area contributed by atoms with Crippen molar-refractivity contribution < 1.29 is 32.2 Å². The molecule has 8 heteroatoms. The summed E-state index contributed by atoms with van der Waals surface area (Å²) in [5, 5.41) is 0. The average Bonchev–Trinajstić information content (AvgIpc) is 2.54. The summed E-state index contributed by atoms with van der Waals surface area (Å²) in [6.45, 7) is 4.73. The number of hydrogen-bond acceptors (Lipinski definition) is 5. The van der Waals surface area contributed by atoms with Crippen molar-refractivity contribution in [2.75, 3.05) is 24.7 Å². The lowest BCUT2D eigenvalue weighted by Crippen LogP contribution is -2.30. The van der Waals surface area contributed by atoms with Crippen LogP contribution >= 0.6 is 0 Å². The molecule has 0 bridgehead atoms. The molecule has 0 heterocycles. The predicted molar refractivity (Wildman–Crippen MR) is 80.7 cm³/mol. The van der Waals surface area contributed by atoms with Gasteiger partial charge in [0.15, 0.2) is 17.5 Å². The lowest BCUT2D eigenvalue weighted by molar-refractivity contribution is -0.141. The van der Waals surface area contributed by atoms with Gasteiger partial charge in [0, 0.05) is 6.54 Å². The Labute approximate surface area is 137 Å². The average molecular weight is 345 g/mol. The first-order valence-corrected chi connectivity index (χ1v) is 7.33. The highest BCUT2D eigenvalue weighted by atomic mass is 19.2. The third-order valence-corrected chi connectivity index (χ3v) is 2.94. The Bertz CT molecular complexity index is 646. The van der Waals surface area contributed by atoms with Crippen molar-refractivity contribution in [2.45, 2.75) is 20.8 Å². The molecule has 0 fully saturated rings. The van der Waals surface area contributed by atoms with Gasteiger partial charge in [0.05, 0.1) is 25.0 Å². The van der Waals surface area contributed by atoms with E-state index in [9.17, 15) is 22.8 Å². The van der Waals surface area contributed by atoms with Gasteiger partial charge in [-0.25, -0.2) is 22.8 Å². The monoisotopic (exact) mass is 345 g/mol. The Morgan fingerprint density at radius 2 is 1.67 bits per heavy atom. The summed E-state index contributed by atoms with van der Waals surface area (Å²) < 4.78 is 50.2. The van der Waals surface area contributed by atoms with E-state index >= 15 is 0 Å². The molecule has 1 aromatic carbocycles. The number of esters is 2. The lowest BCUT2D eigenvalue weighted by atomic mass is 10.2. The SMILES string of the molecule is CCOC(=O)/C=C(/C(=O)OCC)N(CC)c1ccc(F)c(F)c1F. The van der Waals surface area contributed by atoms with E-state index in [0.29, 0.717) is 0 Å². The maximum atomic E-state index is 14.0.